The normalized spacial score (nSPS) is 12.4. The van der Waals surface area contributed by atoms with Crippen molar-refractivity contribution in [3.05, 3.63) is 90.5 Å². The Balaban J connectivity index is 1.97. The monoisotopic (exact) mass is 421 g/mol. The summed E-state index contributed by atoms with van der Waals surface area (Å²) in [5, 5.41) is 13.9. The van der Waals surface area contributed by atoms with Crippen molar-refractivity contribution in [2.45, 2.75) is 19.9 Å². The number of hydrogen-bond donors (Lipinski definition) is 2. The molecule has 0 aliphatic heterocycles. The minimum atomic E-state index is -3.11. The maximum absolute atomic E-state index is 14.3. The molecule has 2 N–H and O–H groups in total. The number of amides is 1. The Bertz CT molecular complexity index is 1020. The smallest absolute Gasteiger partial charge is 0.326 e. The second-order valence-corrected chi connectivity index (χ2v) is 10.1. The van der Waals surface area contributed by atoms with Gasteiger partial charge < -0.3 is 15.0 Å². The van der Waals surface area contributed by atoms with Crippen molar-refractivity contribution in [1.82, 2.24) is 5.32 Å². The molecule has 154 valence electrons. The number of carboxylic acid groups (broad SMARTS) is 1. The summed E-state index contributed by atoms with van der Waals surface area (Å²) < 4.78 is 14.3. The van der Waals surface area contributed by atoms with E-state index in [-0.39, 0.29) is 5.92 Å². The van der Waals surface area contributed by atoms with Gasteiger partial charge in [-0.15, -0.1) is 0 Å². The zero-order valence-electron chi connectivity index (χ0n) is 16.9. The highest BCUT2D eigenvalue weighted by atomic mass is 31.2. The zero-order valence-corrected chi connectivity index (χ0v) is 17.8. The van der Waals surface area contributed by atoms with Crippen molar-refractivity contribution < 1.29 is 19.3 Å². The van der Waals surface area contributed by atoms with Gasteiger partial charge in [-0.3, -0.25) is 4.79 Å². The van der Waals surface area contributed by atoms with E-state index >= 15 is 0 Å². The van der Waals surface area contributed by atoms with Gasteiger partial charge >= 0.3 is 5.97 Å². The molecule has 0 aromatic heterocycles. The van der Waals surface area contributed by atoms with Crippen molar-refractivity contribution in [2.24, 2.45) is 5.92 Å². The van der Waals surface area contributed by atoms with E-state index in [1.165, 1.54) is 0 Å². The Morgan fingerprint density at radius 1 is 0.767 bits per heavy atom. The van der Waals surface area contributed by atoms with E-state index in [1.807, 2.05) is 60.7 Å². The van der Waals surface area contributed by atoms with Crippen LogP contribution >= 0.6 is 7.14 Å². The summed E-state index contributed by atoms with van der Waals surface area (Å²) in [5.41, 5.74) is 0.318. The maximum Gasteiger partial charge on any atom is 0.326 e. The quantitative estimate of drug-likeness (QED) is 0.574. The molecule has 0 bridgehead atoms. The van der Waals surface area contributed by atoms with Gasteiger partial charge in [0, 0.05) is 21.5 Å². The number of carboxylic acids is 1. The number of rotatable bonds is 7. The van der Waals surface area contributed by atoms with Crippen LogP contribution in [0.2, 0.25) is 0 Å². The van der Waals surface area contributed by atoms with E-state index in [9.17, 15) is 19.3 Å². The Morgan fingerprint density at radius 3 is 1.60 bits per heavy atom. The third-order valence-electron chi connectivity index (χ3n) is 4.95. The molecule has 0 saturated heterocycles. The summed E-state index contributed by atoms with van der Waals surface area (Å²) >= 11 is 0. The fourth-order valence-corrected chi connectivity index (χ4v) is 5.93. The summed E-state index contributed by atoms with van der Waals surface area (Å²) in [6.45, 7) is 3.47. The van der Waals surface area contributed by atoms with Crippen molar-refractivity contribution in [3.63, 3.8) is 0 Å². The molecule has 0 radical (unpaired) electrons. The number of hydrogen-bond acceptors (Lipinski definition) is 3. The molecular formula is C24H24NO4P. The molecule has 6 heteroatoms. The van der Waals surface area contributed by atoms with Crippen LogP contribution in [-0.2, 0) is 9.36 Å². The molecule has 5 nitrogen and oxygen atoms in total. The molecule has 0 fully saturated rings. The van der Waals surface area contributed by atoms with Crippen LogP contribution in [0.1, 0.15) is 24.2 Å². The number of aliphatic carboxylic acids is 1. The van der Waals surface area contributed by atoms with E-state index in [0.29, 0.717) is 21.5 Å². The Morgan fingerprint density at radius 2 is 1.20 bits per heavy atom. The minimum absolute atomic E-state index is 0.248. The lowest BCUT2D eigenvalue weighted by Gasteiger charge is -2.21. The fraction of sp³-hybridized carbons (Fsp3) is 0.167. The van der Waals surface area contributed by atoms with Crippen LogP contribution in [0.3, 0.4) is 0 Å². The molecule has 0 aliphatic rings. The minimum Gasteiger partial charge on any atom is -0.480 e. The highest BCUT2D eigenvalue weighted by Gasteiger charge is 2.30. The highest BCUT2D eigenvalue weighted by molar-refractivity contribution is 7.85. The van der Waals surface area contributed by atoms with E-state index in [1.54, 1.807) is 38.1 Å². The van der Waals surface area contributed by atoms with Gasteiger partial charge in [-0.1, -0.05) is 86.6 Å². The number of benzene rings is 3. The predicted molar refractivity (Wildman–Crippen MR) is 120 cm³/mol. The first-order valence-electron chi connectivity index (χ1n) is 9.69. The summed E-state index contributed by atoms with van der Waals surface area (Å²) in [4.78, 5) is 23.9. The maximum atomic E-state index is 14.3. The molecule has 30 heavy (non-hydrogen) atoms. The second kappa shape index (κ2) is 9.10. The van der Waals surface area contributed by atoms with Crippen molar-refractivity contribution in [1.29, 1.82) is 0 Å². The number of nitrogens with one attached hydrogen (secondary N) is 1. The van der Waals surface area contributed by atoms with Crippen LogP contribution in [0.4, 0.5) is 0 Å². The van der Waals surface area contributed by atoms with Crippen LogP contribution in [0.15, 0.2) is 84.9 Å². The molecule has 3 aromatic rings. The fourth-order valence-electron chi connectivity index (χ4n) is 3.28. The lowest BCUT2D eigenvalue weighted by atomic mass is 10.0. The van der Waals surface area contributed by atoms with E-state index in [4.69, 9.17) is 0 Å². The van der Waals surface area contributed by atoms with Crippen LogP contribution in [0, 0.1) is 5.92 Å². The zero-order chi connectivity index (χ0) is 21.7. The lowest BCUT2D eigenvalue weighted by molar-refractivity contribution is -0.140. The van der Waals surface area contributed by atoms with Gasteiger partial charge in [-0.25, -0.2) is 4.79 Å². The first-order chi connectivity index (χ1) is 14.3. The average molecular weight is 421 g/mol. The highest BCUT2D eigenvalue weighted by Crippen LogP contribution is 2.42. The first-order valence-corrected chi connectivity index (χ1v) is 11.4. The first kappa shape index (κ1) is 21.5. The van der Waals surface area contributed by atoms with Gasteiger partial charge in [0.1, 0.15) is 6.04 Å². The molecule has 0 unspecified atom stereocenters. The van der Waals surface area contributed by atoms with Gasteiger partial charge in [0.25, 0.3) is 5.91 Å². The van der Waals surface area contributed by atoms with Gasteiger partial charge in [0.05, 0.1) is 0 Å². The molecule has 3 rings (SSSR count). The van der Waals surface area contributed by atoms with E-state index in [2.05, 4.69) is 5.32 Å². The Kier molecular flexibility index (Phi) is 6.53. The van der Waals surface area contributed by atoms with E-state index in [0.717, 1.165) is 0 Å². The van der Waals surface area contributed by atoms with Gasteiger partial charge in [-0.05, 0) is 18.1 Å². The SMILES string of the molecule is CC(C)[C@H](NC(=O)c1ccc(P(=O)(c2ccccc2)c2ccccc2)cc1)C(=O)O. The summed E-state index contributed by atoms with van der Waals surface area (Å²) in [6, 6.07) is 24.1. The van der Waals surface area contributed by atoms with Crippen molar-refractivity contribution in [3.8, 4) is 0 Å². The Hall–Kier alpha value is -3.17. The van der Waals surface area contributed by atoms with Crippen LogP contribution < -0.4 is 21.2 Å². The molecule has 1 atom stereocenters. The van der Waals surface area contributed by atoms with Gasteiger partial charge in [0.2, 0.25) is 0 Å². The summed E-state index contributed by atoms with van der Waals surface area (Å²) in [6.07, 6.45) is 0. The van der Waals surface area contributed by atoms with Crippen LogP contribution in [-0.4, -0.2) is 23.0 Å². The molecule has 3 aromatic carbocycles. The van der Waals surface area contributed by atoms with Crippen molar-refractivity contribution in [2.75, 3.05) is 0 Å². The molecule has 0 heterocycles. The molecule has 0 saturated carbocycles. The average Bonchev–Trinajstić information content (AvgIpc) is 2.77. The third-order valence-corrected chi connectivity index (χ3v) is 8.03. The van der Waals surface area contributed by atoms with Crippen molar-refractivity contribution >= 4 is 34.9 Å². The summed E-state index contributed by atoms with van der Waals surface area (Å²) in [5.74, 6) is -1.80. The third kappa shape index (κ3) is 4.37. The largest absolute Gasteiger partial charge is 0.480 e. The molecule has 0 spiro atoms. The van der Waals surface area contributed by atoms with Gasteiger partial charge in [0.15, 0.2) is 7.14 Å². The number of carbonyl (C=O) groups excluding carboxylic acids is 1. The molecule has 0 aliphatic carbocycles. The van der Waals surface area contributed by atoms with Crippen LogP contribution in [0.25, 0.3) is 0 Å². The Labute approximate surface area is 176 Å². The summed E-state index contributed by atoms with van der Waals surface area (Å²) in [7, 11) is -3.11. The number of carbonyl (C=O) groups is 2. The predicted octanol–water partition coefficient (Wildman–Crippen LogP) is 3.17. The molecular weight excluding hydrogens is 397 g/mol. The van der Waals surface area contributed by atoms with Crippen LogP contribution in [0.5, 0.6) is 0 Å². The lowest BCUT2D eigenvalue weighted by Crippen LogP contribution is -2.44. The van der Waals surface area contributed by atoms with E-state index < -0.39 is 25.1 Å². The molecule has 1 amide bonds. The standard InChI is InChI=1S/C24H24NO4P/c1-17(2)22(24(27)28)25-23(26)18-13-15-21(16-14-18)30(29,19-9-5-3-6-10-19)20-11-7-4-8-12-20/h3-17,22H,1-2H3,(H,25,26)(H,27,28)/t22-/m0/s1. The topological polar surface area (TPSA) is 83.5 Å². The second-order valence-electron chi connectivity index (χ2n) is 7.36. The van der Waals surface area contributed by atoms with Gasteiger partial charge in [-0.2, -0.15) is 0 Å².